The van der Waals surface area contributed by atoms with E-state index in [9.17, 15) is 4.79 Å². The molecule has 0 atom stereocenters. The number of rotatable bonds is 5. The van der Waals surface area contributed by atoms with Gasteiger partial charge in [-0.3, -0.25) is 4.79 Å². The van der Waals surface area contributed by atoms with Crippen LogP contribution in [0.15, 0.2) is 48.5 Å². The Morgan fingerprint density at radius 1 is 1.20 bits per heavy atom. The van der Waals surface area contributed by atoms with E-state index in [4.69, 9.17) is 4.74 Å². The van der Waals surface area contributed by atoms with Gasteiger partial charge < -0.3 is 10.1 Å². The highest BCUT2D eigenvalue weighted by atomic mass is 79.9. The number of halogens is 1. The maximum absolute atomic E-state index is 12.3. The topological polar surface area (TPSA) is 38.3 Å². The van der Waals surface area contributed by atoms with E-state index < -0.39 is 0 Å². The number of carbonyl (C=O) groups is 1. The summed E-state index contributed by atoms with van der Waals surface area (Å²) in [5, 5.41) is 2.94. The molecule has 104 valence electrons. The number of anilines is 1. The Bertz CT molecular complexity index is 599. The highest BCUT2D eigenvalue weighted by molar-refractivity contribution is 9.09. The van der Waals surface area contributed by atoms with Crippen LogP contribution in [0, 0.1) is 0 Å². The molecule has 1 N–H and O–H groups in total. The minimum absolute atomic E-state index is 0.133. The van der Waals surface area contributed by atoms with E-state index in [1.165, 1.54) is 0 Å². The molecule has 2 aromatic rings. The van der Waals surface area contributed by atoms with Crippen LogP contribution in [0.5, 0.6) is 5.75 Å². The second-order valence-corrected chi connectivity index (χ2v) is 4.70. The summed E-state index contributed by atoms with van der Waals surface area (Å²) < 4.78 is 5.33. The van der Waals surface area contributed by atoms with E-state index in [1.807, 2.05) is 30.3 Å². The van der Waals surface area contributed by atoms with Crippen molar-refractivity contribution in [1.82, 2.24) is 0 Å². The second-order valence-electron chi connectivity index (χ2n) is 4.25. The van der Waals surface area contributed by atoms with Crippen LogP contribution in [-0.4, -0.2) is 11.4 Å². The number of ether oxygens (including phenoxy) is 1. The molecule has 0 heterocycles. The number of para-hydroxylation sites is 1. The Hall–Kier alpha value is -1.81. The van der Waals surface area contributed by atoms with Gasteiger partial charge in [-0.1, -0.05) is 31.2 Å². The first-order chi connectivity index (χ1) is 9.74. The van der Waals surface area contributed by atoms with Crippen molar-refractivity contribution in [3.63, 3.8) is 0 Å². The van der Waals surface area contributed by atoms with Crippen LogP contribution in [0.4, 0.5) is 5.69 Å². The molecule has 0 saturated heterocycles. The van der Waals surface area contributed by atoms with Crippen molar-refractivity contribution < 1.29 is 9.53 Å². The van der Waals surface area contributed by atoms with Gasteiger partial charge in [0.1, 0.15) is 11.3 Å². The average molecular weight is 334 g/mol. The first-order valence-corrected chi connectivity index (χ1v) is 7.55. The standard InChI is InChI=1S/C16H16BrNO2/c1-2-12-6-3-4-9-15(12)18-16(19)13-7-5-8-14(10-13)20-11-17/h3-10H,2,11H2,1H3,(H,18,19). The molecule has 0 spiro atoms. The quantitative estimate of drug-likeness (QED) is 0.831. The fourth-order valence-electron chi connectivity index (χ4n) is 1.94. The Labute approximate surface area is 127 Å². The zero-order chi connectivity index (χ0) is 14.4. The smallest absolute Gasteiger partial charge is 0.255 e. The number of aryl methyl sites for hydroxylation is 1. The summed E-state index contributed by atoms with van der Waals surface area (Å²) in [6, 6.07) is 14.9. The number of benzene rings is 2. The van der Waals surface area contributed by atoms with E-state index in [2.05, 4.69) is 28.2 Å². The summed E-state index contributed by atoms with van der Waals surface area (Å²) >= 11 is 3.20. The van der Waals surface area contributed by atoms with Gasteiger partial charge in [0.25, 0.3) is 5.91 Å². The summed E-state index contributed by atoms with van der Waals surface area (Å²) in [6.45, 7) is 2.06. The predicted octanol–water partition coefficient (Wildman–Crippen LogP) is 4.23. The minimum Gasteiger partial charge on any atom is -0.482 e. The third-order valence-electron chi connectivity index (χ3n) is 2.96. The van der Waals surface area contributed by atoms with Crippen molar-refractivity contribution in [2.45, 2.75) is 13.3 Å². The lowest BCUT2D eigenvalue weighted by Crippen LogP contribution is -2.13. The maximum Gasteiger partial charge on any atom is 0.255 e. The molecule has 0 fully saturated rings. The van der Waals surface area contributed by atoms with Crippen LogP contribution in [0.1, 0.15) is 22.8 Å². The molecule has 3 nitrogen and oxygen atoms in total. The van der Waals surface area contributed by atoms with Crippen LogP contribution in [-0.2, 0) is 6.42 Å². The number of hydrogen-bond donors (Lipinski definition) is 1. The highest BCUT2D eigenvalue weighted by Crippen LogP contribution is 2.18. The van der Waals surface area contributed by atoms with Gasteiger partial charge in [0, 0.05) is 11.3 Å². The number of hydrogen-bond acceptors (Lipinski definition) is 2. The molecule has 2 aromatic carbocycles. The van der Waals surface area contributed by atoms with E-state index in [-0.39, 0.29) is 5.91 Å². The number of amides is 1. The van der Waals surface area contributed by atoms with Gasteiger partial charge in [-0.25, -0.2) is 0 Å². The minimum atomic E-state index is -0.133. The van der Waals surface area contributed by atoms with Crippen LogP contribution in [0.2, 0.25) is 0 Å². The zero-order valence-corrected chi connectivity index (χ0v) is 12.8. The molecule has 4 heteroatoms. The fraction of sp³-hybridized carbons (Fsp3) is 0.188. The van der Waals surface area contributed by atoms with E-state index in [1.54, 1.807) is 18.2 Å². The molecule has 20 heavy (non-hydrogen) atoms. The van der Waals surface area contributed by atoms with Crippen molar-refractivity contribution >= 4 is 27.5 Å². The zero-order valence-electron chi connectivity index (χ0n) is 11.2. The summed E-state index contributed by atoms with van der Waals surface area (Å²) in [5.74, 6) is 0.532. The molecular weight excluding hydrogens is 318 g/mol. The number of nitrogens with one attached hydrogen (secondary N) is 1. The maximum atomic E-state index is 12.3. The summed E-state index contributed by atoms with van der Waals surface area (Å²) in [4.78, 5) is 12.3. The first kappa shape index (κ1) is 14.6. The third-order valence-corrected chi connectivity index (χ3v) is 3.19. The third kappa shape index (κ3) is 3.61. The fourth-order valence-corrected chi connectivity index (χ4v) is 2.20. The predicted molar refractivity (Wildman–Crippen MR) is 84.6 cm³/mol. The molecule has 0 saturated carbocycles. The van der Waals surface area contributed by atoms with Crippen LogP contribution < -0.4 is 10.1 Å². The van der Waals surface area contributed by atoms with Crippen molar-refractivity contribution in [2.75, 3.05) is 10.8 Å². The lowest BCUT2D eigenvalue weighted by molar-refractivity contribution is 0.102. The number of alkyl halides is 1. The van der Waals surface area contributed by atoms with Crippen molar-refractivity contribution in [1.29, 1.82) is 0 Å². The first-order valence-electron chi connectivity index (χ1n) is 6.42. The van der Waals surface area contributed by atoms with Crippen LogP contribution >= 0.6 is 15.9 Å². The van der Waals surface area contributed by atoms with Crippen LogP contribution in [0.25, 0.3) is 0 Å². The molecule has 2 rings (SSSR count). The molecule has 0 aliphatic carbocycles. The lowest BCUT2D eigenvalue weighted by atomic mass is 10.1. The van der Waals surface area contributed by atoms with Gasteiger partial charge in [-0.15, -0.1) is 0 Å². The average Bonchev–Trinajstić information content (AvgIpc) is 2.48. The van der Waals surface area contributed by atoms with Gasteiger partial charge in [0.15, 0.2) is 0 Å². The highest BCUT2D eigenvalue weighted by Gasteiger charge is 2.09. The Morgan fingerprint density at radius 3 is 2.75 bits per heavy atom. The molecular formula is C16H16BrNO2. The molecule has 0 aliphatic rings. The van der Waals surface area contributed by atoms with Gasteiger partial charge in [0.05, 0.1) is 0 Å². The Kier molecular flexibility index (Phi) is 5.18. The van der Waals surface area contributed by atoms with Gasteiger partial charge in [-0.2, -0.15) is 0 Å². The number of carbonyl (C=O) groups excluding carboxylic acids is 1. The molecule has 1 amide bonds. The second kappa shape index (κ2) is 7.10. The molecule has 0 bridgehead atoms. The molecule has 0 unspecified atom stereocenters. The van der Waals surface area contributed by atoms with Gasteiger partial charge in [-0.05, 0) is 52.2 Å². The largest absolute Gasteiger partial charge is 0.482 e. The van der Waals surface area contributed by atoms with Crippen molar-refractivity contribution in [2.24, 2.45) is 0 Å². The SMILES string of the molecule is CCc1ccccc1NC(=O)c1cccc(OCBr)c1. The van der Waals surface area contributed by atoms with Crippen molar-refractivity contribution in [3.8, 4) is 5.75 Å². The lowest BCUT2D eigenvalue weighted by Gasteiger charge is -2.10. The monoisotopic (exact) mass is 333 g/mol. The molecule has 0 aromatic heterocycles. The molecule has 0 radical (unpaired) electrons. The summed E-state index contributed by atoms with van der Waals surface area (Å²) in [7, 11) is 0. The van der Waals surface area contributed by atoms with Gasteiger partial charge in [0.2, 0.25) is 0 Å². The molecule has 0 aliphatic heterocycles. The van der Waals surface area contributed by atoms with E-state index in [0.29, 0.717) is 16.8 Å². The van der Waals surface area contributed by atoms with E-state index >= 15 is 0 Å². The Morgan fingerprint density at radius 2 is 2.00 bits per heavy atom. The van der Waals surface area contributed by atoms with Crippen LogP contribution in [0.3, 0.4) is 0 Å². The normalized spacial score (nSPS) is 10.1. The summed E-state index contributed by atoms with van der Waals surface area (Å²) in [6.07, 6.45) is 0.878. The summed E-state index contributed by atoms with van der Waals surface area (Å²) in [5.41, 5.74) is 2.95. The van der Waals surface area contributed by atoms with E-state index in [0.717, 1.165) is 17.7 Å². The van der Waals surface area contributed by atoms with Crippen molar-refractivity contribution in [3.05, 3.63) is 59.7 Å². The van der Waals surface area contributed by atoms with Gasteiger partial charge >= 0.3 is 0 Å². The Balaban J connectivity index is 2.17.